The summed E-state index contributed by atoms with van der Waals surface area (Å²) in [7, 11) is 0. The first-order valence-electron chi connectivity index (χ1n) is 7.81. The lowest BCUT2D eigenvalue weighted by Gasteiger charge is -2.32. The van der Waals surface area contributed by atoms with Gasteiger partial charge < -0.3 is 15.0 Å². The van der Waals surface area contributed by atoms with Gasteiger partial charge in [0, 0.05) is 23.8 Å². The van der Waals surface area contributed by atoms with Gasteiger partial charge in [0.1, 0.15) is 6.04 Å². The molecule has 2 heterocycles. The molecule has 2 amide bonds. The first kappa shape index (κ1) is 16.7. The fourth-order valence-electron chi connectivity index (χ4n) is 2.62. The van der Waals surface area contributed by atoms with Crippen LogP contribution in [0.25, 0.3) is 0 Å². The summed E-state index contributed by atoms with van der Waals surface area (Å²) in [6.07, 6.45) is 0.0271. The molecule has 1 fully saturated rings. The van der Waals surface area contributed by atoms with E-state index in [0.717, 1.165) is 5.56 Å². The molecule has 2 aliphatic rings. The van der Waals surface area contributed by atoms with Gasteiger partial charge in [0.15, 0.2) is 0 Å². The molecule has 1 aromatic rings. The number of anilines is 1. The third-order valence-corrected chi connectivity index (χ3v) is 4.46. The molecule has 0 aromatic heterocycles. The van der Waals surface area contributed by atoms with Crippen LogP contribution in [0.4, 0.5) is 5.69 Å². The second kappa shape index (κ2) is 7.19. The Morgan fingerprint density at radius 3 is 2.92 bits per heavy atom. The predicted molar refractivity (Wildman–Crippen MR) is 91.2 cm³/mol. The Kier molecular flexibility index (Phi) is 5.01. The van der Waals surface area contributed by atoms with Crippen LogP contribution < -0.4 is 10.6 Å². The molecule has 128 valence electrons. The Bertz CT molecular complexity index is 686. The minimum absolute atomic E-state index is 0.0271. The van der Waals surface area contributed by atoms with Crippen LogP contribution in [0.2, 0.25) is 5.02 Å². The van der Waals surface area contributed by atoms with Gasteiger partial charge in [0.25, 0.3) is 0 Å². The molecule has 2 N–H and O–H groups in total. The van der Waals surface area contributed by atoms with Gasteiger partial charge in [-0.2, -0.15) is 0 Å². The van der Waals surface area contributed by atoms with Crippen LogP contribution in [-0.2, 0) is 14.3 Å². The van der Waals surface area contributed by atoms with Crippen LogP contribution in [0.1, 0.15) is 12.0 Å². The number of aliphatic imine (C=N–C) groups is 1. The quantitative estimate of drug-likeness (QED) is 0.838. The molecule has 0 unspecified atom stereocenters. The molecule has 1 atom stereocenters. The number of hydrogen-bond acceptors (Lipinski definition) is 5. The zero-order valence-corrected chi connectivity index (χ0v) is 14.1. The third kappa shape index (κ3) is 3.68. The standard InChI is InChI=1S/C16H19ClN4O3/c1-10-11(17)3-2-4-12(10)18-15(23)13-9-14(22)20-16(19-13)21-5-7-24-8-6-21/h2-4,13H,5-9H2,1H3,(H,18,23)(H,19,20,22)/t13-/m1/s1. The number of morpholine rings is 1. The smallest absolute Gasteiger partial charge is 0.249 e. The summed E-state index contributed by atoms with van der Waals surface area (Å²) in [6.45, 7) is 4.26. The van der Waals surface area contributed by atoms with Gasteiger partial charge in [0.05, 0.1) is 19.6 Å². The minimum atomic E-state index is -0.755. The van der Waals surface area contributed by atoms with E-state index < -0.39 is 6.04 Å². The highest BCUT2D eigenvalue weighted by Gasteiger charge is 2.30. The predicted octanol–water partition coefficient (Wildman–Crippen LogP) is 1.16. The molecule has 1 aromatic carbocycles. The number of amides is 2. The van der Waals surface area contributed by atoms with E-state index in [0.29, 0.717) is 43.0 Å². The highest BCUT2D eigenvalue weighted by Crippen LogP contribution is 2.23. The molecule has 3 rings (SSSR count). The van der Waals surface area contributed by atoms with Crippen molar-refractivity contribution in [2.45, 2.75) is 19.4 Å². The van der Waals surface area contributed by atoms with Crippen LogP contribution in [0.3, 0.4) is 0 Å². The Morgan fingerprint density at radius 2 is 2.17 bits per heavy atom. The highest BCUT2D eigenvalue weighted by atomic mass is 35.5. The number of ether oxygens (including phenoxy) is 1. The monoisotopic (exact) mass is 350 g/mol. The maximum absolute atomic E-state index is 12.5. The van der Waals surface area contributed by atoms with Crippen LogP contribution in [0, 0.1) is 6.92 Å². The number of rotatable bonds is 2. The van der Waals surface area contributed by atoms with Crippen molar-refractivity contribution in [3.63, 3.8) is 0 Å². The van der Waals surface area contributed by atoms with Crippen molar-refractivity contribution < 1.29 is 14.3 Å². The van der Waals surface area contributed by atoms with E-state index >= 15 is 0 Å². The summed E-state index contributed by atoms with van der Waals surface area (Å²) in [5.74, 6) is -0.0899. The number of nitrogens with zero attached hydrogens (tertiary/aromatic N) is 2. The van der Waals surface area contributed by atoms with Crippen molar-refractivity contribution in [2.75, 3.05) is 31.6 Å². The van der Waals surface area contributed by atoms with E-state index in [-0.39, 0.29) is 18.2 Å². The molecule has 0 radical (unpaired) electrons. The second-order valence-electron chi connectivity index (χ2n) is 5.72. The van der Waals surface area contributed by atoms with Crippen molar-refractivity contribution in [3.05, 3.63) is 28.8 Å². The van der Waals surface area contributed by atoms with Gasteiger partial charge in [-0.25, -0.2) is 4.99 Å². The Morgan fingerprint density at radius 1 is 1.42 bits per heavy atom. The van der Waals surface area contributed by atoms with Gasteiger partial charge >= 0.3 is 0 Å². The van der Waals surface area contributed by atoms with Crippen molar-refractivity contribution in [2.24, 2.45) is 4.99 Å². The van der Waals surface area contributed by atoms with Crippen molar-refractivity contribution in [3.8, 4) is 0 Å². The van der Waals surface area contributed by atoms with Gasteiger partial charge in [-0.3, -0.25) is 14.9 Å². The Labute approximate surface area is 145 Å². The van der Waals surface area contributed by atoms with Gasteiger partial charge in [-0.05, 0) is 24.6 Å². The number of carbonyl (C=O) groups is 2. The van der Waals surface area contributed by atoms with E-state index in [1.165, 1.54) is 0 Å². The molecule has 1 saturated heterocycles. The average molecular weight is 351 g/mol. The highest BCUT2D eigenvalue weighted by molar-refractivity contribution is 6.31. The summed E-state index contributed by atoms with van der Waals surface area (Å²) < 4.78 is 5.29. The maximum Gasteiger partial charge on any atom is 0.249 e. The molecule has 0 aliphatic carbocycles. The lowest BCUT2D eigenvalue weighted by Crippen LogP contribution is -2.53. The van der Waals surface area contributed by atoms with Crippen molar-refractivity contribution in [1.82, 2.24) is 10.2 Å². The average Bonchev–Trinajstić information content (AvgIpc) is 2.59. The number of nitrogens with one attached hydrogen (secondary N) is 2. The summed E-state index contributed by atoms with van der Waals surface area (Å²) in [5.41, 5.74) is 1.41. The van der Waals surface area contributed by atoms with Gasteiger partial charge in [0.2, 0.25) is 17.8 Å². The lowest BCUT2D eigenvalue weighted by molar-refractivity contribution is -0.125. The number of halogens is 1. The topological polar surface area (TPSA) is 83.0 Å². The lowest BCUT2D eigenvalue weighted by atomic mass is 10.1. The largest absolute Gasteiger partial charge is 0.378 e. The molecule has 0 spiro atoms. The summed E-state index contributed by atoms with van der Waals surface area (Å²) in [6, 6.07) is 4.54. The molecule has 0 saturated carbocycles. The van der Waals surface area contributed by atoms with Crippen LogP contribution in [0.5, 0.6) is 0 Å². The summed E-state index contributed by atoms with van der Waals surface area (Å²) >= 11 is 6.07. The normalized spacial score (nSPS) is 21.1. The fraction of sp³-hybridized carbons (Fsp3) is 0.438. The zero-order valence-electron chi connectivity index (χ0n) is 13.3. The first-order valence-corrected chi connectivity index (χ1v) is 8.18. The fourth-order valence-corrected chi connectivity index (χ4v) is 2.80. The number of benzene rings is 1. The van der Waals surface area contributed by atoms with Crippen LogP contribution in [-0.4, -0.2) is 55.0 Å². The van der Waals surface area contributed by atoms with Crippen molar-refractivity contribution in [1.29, 1.82) is 0 Å². The van der Waals surface area contributed by atoms with E-state index in [4.69, 9.17) is 16.3 Å². The van der Waals surface area contributed by atoms with Crippen molar-refractivity contribution >= 4 is 35.1 Å². The van der Waals surface area contributed by atoms with Crippen LogP contribution in [0.15, 0.2) is 23.2 Å². The third-order valence-electron chi connectivity index (χ3n) is 4.05. The summed E-state index contributed by atoms with van der Waals surface area (Å²) in [5, 5.41) is 6.12. The van der Waals surface area contributed by atoms with Gasteiger partial charge in [-0.1, -0.05) is 17.7 Å². The number of guanidine groups is 1. The molecule has 24 heavy (non-hydrogen) atoms. The first-order chi connectivity index (χ1) is 11.5. The SMILES string of the molecule is Cc1c(Cl)cccc1NC(=O)[C@H]1CC(=O)NC(N2CCOCC2)=N1. The van der Waals surface area contributed by atoms with Gasteiger partial charge in [-0.15, -0.1) is 0 Å². The number of hydrogen-bond donors (Lipinski definition) is 2. The molecule has 2 aliphatic heterocycles. The molecule has 0 bridgehead atoms. The molecule has 8 heteroatoms. The zero-order chi connectivity index (χ0) is 17.1. The second-order valence-corrected chi connectivity index (χ2v) is 6.13. The molecule has 7 nitrogen and oxygen atoms in total. The van der Waals surface area contributed by atoms with E-state index in [1.807, 2.05) is 11.8 Å². The van der Waals surface area contributed by atoms with E-state index in [2.05, 4.69) is 15.6 Å². The molecular weight excluding hydrogens is 332 g/mol. The Balaban J connectivity index is 1.75. The van der Waals surface area contributed by atoms with Crippen LogP contribution >= 0.6 is 11.6 Å². The number of carbonyl (C=O) groups excluding carboxylic acids is 2. The Hall–Kier alpha value is -2.12. The maximum atomic E-state index is 12.5. The minimum Gasteiger partial charge on any atom is -0.378 e. The molecular formula is C16H19ClN4O3. The van der Waals surface area contributed by atoms with E-state index in [9.17, 15) is 9.59 Å². The van der Waals surface area contributed by atoms with E-state index in [1.54, 1.807) is 18.2 Å². The summed E-state index contributed by atoms with van der Waals surface area (Å²) in [4.78, 5) is 30.8.